The predicted octanol–water partition coefficient (Wildman–Crippen LogP) is 31.8. The minimum Gasteiger partial charge on any atom is -0.744 e. The van der Waals surface area contributed by atoms with Crippen LogP contribution >= 0.6 is 0 Å². The van der Waals surface area contributed by atoms with Crippen molar-refractivity contribution in [2.45, 2.75) is 500 Å². The summed E-state index contributed by atoms with van der Waals surface area (Å²) in [6.07, 6.45) is 108. The van der Waals surface area contributed by atoms with E-state index in [1.54, 1.807) is 0 Å². The Bertz CT molecular complexity index is 2880. The Hall–Kier alpha value is -3.64. The van der Waals surface area contributed by atoms with Gasteiger partial charge in [-0.05, 0) is 165 Å². The average molecular weight is 1760 g/mol. The van der Waals surface area contributed by atoms with Crippen LogP contribution in [0.5, 0.6) is 0 Å². The van der Waals surface area contributed by atoms with Crippen molar-refractivity contribution in [1.29, 1.82) is 0 Å². The largest absolute Gasteiger partial charge is 2.00 e. The molecule has 0 saturated heterocycles. The second kappa shape index (κ2) is 88.4. The summed E-state index contributed by atoms with van der Waals surface area (Å²) < 4.78 is 91.8. The minimum atomic E-state index is -4.83. The van der Waals surface area contributed by atoms with E-state index in [4.69, 9.17) is 18.9 Å². The van der Waals surface area contributed by atoms with Gasteiger partial charge in [0.15, 0.2) is 0 Å². The van der Waals surface area contributed by atoms with Crippen LogP contribution in [0, 0.1) is 0 Å². The van der Waals surface area contributed by atoms with E-state index in [0.29, 0.717) is 25.7 Å². The molecule has 692 valence electrons. The summed E-state index contributed by atoms with van der Waals surface area (Å²) in [5.41, 5.74) is -0.710. The van der Waals surface area contributed by atoms with Crippen molar-refractivity contribution in [1.82, 2.24) is 0 Å². The topological polar surface area (TPSA) is 220 Å². The smallest absolute Gasteiger partial charge is 0.744 e. The number of unbranched alkanes of at least 4 members (excludes halogenated alkanes) is 64. The molecule has 0 aliphatic carbocycles. The summed E-state index contributed by atoms with van der Waals surface area (Å²) >= 11 is 0. The fourth-order valence-electron chi connectivity index (χ4n) is 15.2. The van der Waals surface area contributed by atoms with Gasteiger partial charge in [0.05, 0.1) is 58.5 Å². The van der Waals surface area contributed by atoms with Gasteiger partial charge in [-0.1, -0.05) is 410 Å². The number of ether oxygens (including phenoxy) is 4. The van der Waals surface area contributed by atoms with Crippen LogP contribution < -0.4 is 0 Å². The van der Waals surface area contributed by atoms with Gasteiger partial charge in [0, 0.05) is 0 Å². The van der Waals surface area contributed by atoms with Crippen LogP contribution in [-0.2, 0) is 39.2 Å². The number of rotatable bonds is 86. The van der Waals surface area contributed by atoms with E-state index in [9.17, 15) is 45.1 Å². The Labute approximate surface area is 773 Å². The van der Waals surface area contributed by atoms with Gasteiger partial charge in [-0.2, -0.15) is 0 Å². The molecule has 0 bridgehead atoms. The van der Waals surface area contributed by atoms with E-state index in [0.717, 1.165) is 153 Å². The molecule has 0 spiro atoms. The molecule has 0 radical (unpaired) electrons. The van der Waals surface area contributed by atoms with Crippen molar-refractivity contribution in [2.24, 2.45) is 0 Å². The van der Waals surface area contributed by atoms with Crippen LogP contribution in [0.1, 0.15) is 531 Å². The second-order valence-corrected chi connectivity index (χ2v) is 37.0. The van der Waals surface area contributed by atoms with Gasteiger partial charge in [-0.3, -0.25) is 0 Å². The Morgan fingerprint density at radius 1 is 0.223 bits per heavy atom. The van der Waals surface area contributed by atoms with Crippen molar-refractivity contribution in [2.75, 3.05) is 26.4 Å². The van der Waals surface area contributed by atoms with Crippen LogP contribution in [-0.4, -0.2) is 114 Å². The molecular formula is C104H178CaO14S2. The normalized spacial score (nSPS) is 11.8. The molecule has 0 amide bonds. The third-order valence-electron chi connectivity index (χ3n) is 23.0. The minimum absolute atomic E-state index is 0. The molecule has 0 aliphatic heterocycles. The summed E-state index contributed by atoms with van der Waals surface area (Å²) in [5, 5.41) is 0. The molecule has 0 atom stereocenters. The quantitative estimate of drug-likeness (QED) is 0.0150. The maximum absolute atomic E-state index is 13.0. The maximum Gasteiger partial charge on any atom is 2.00 e. The molecule has 0 aliphatic rings. The standard InChI is InChI=1S/2C52H90O7S.Ca/c2*1-3-5-7-9-11-13-15-17-19-21-23-25-27-29-31-33-35-37-39-41-45-58-51(53)49-44-43-48(60(55,56)57)47-50(49)52(54)59-46-42-40-38-36-34-32-30-28-26-24-22-20-18-16-14-12-10-8-6-4-2;/h2*29-32,43-44,47H,3-28,33-42,45-46H2,1-2H3,(H,55,56,57);/q;;+2/p-2/b2*31-29+,32-30+;. The van der Waals surface area contributed by atoms with Crippen molar-refractivity contribution in [3.05, 3.63) is 107 Å². The van der Waals surface area contributed by atoms with Crippen LogP contribution in [0.2, 0.25) is 0 Å². The SMILES string of the molecule is CCCCCCCCCCCCCC/C=C/CCCCCCOC(=O)c1ccc(S(=O)(=O)[O-])cc1C(=O)OCCCCCC/C=C/CCCCCCCCCCCCCC.CCCCCCCCCCCCCC/C=C/CCCCCCOC(=O)c1ccc(S(=O)(=O)[O-])cc1C(=O)OCCCCCC/C=C/CCCCCCCCCCCCCC.[Ca+2]. The Morgan fingerprint density at radius 2 is 0.364 bits per heavy atom. The molecule has 0 unspecified atom stereocenters. The zero-order valence-corrected chi connectivity index (χ0v) is 81.9. The first-order valence-corrected chi connectivity index (χ1v) is 52.9. The monoisotopic (exact) mass is 1760 g/mol. The number of hydrogen-bond donors (Lipinski definition) is 0. The summed E-state index contributed by atoms with van der Waals surface area (Å²) in [6, 6.07) is 6.26. The van der Waals surface area contributed by atoms with E-state index in [1.165, 1.54) is 320 Å². The molecule has 0 N–H and O–H groups in total. The van der Waals surface area contributed by atoms with Crippen LogP contribution in [0.3, 0.4) is 0 Å². The molecular weight excluding hydrogens is 1580 g/mol. The Morgan fingerprint density at radius 3 is 0.521 bits per heavy atom. The molecule has 0 heterocycles. The van der Waals surface area contributed by atoms with Crippen molar-refractivity contribution >= 4 is 81.9 Å². The second-order valence-electron chi connectivity index (χ2n) is 34.3. The van der Waals surface area contributed by atoms with Gasteiger partial charge in [-0.15, -0.1) is 0 Å². The molecule has 0 aromatic heterocycles. The van der Waals surface area contributed by atoms with Gasteiger partial charge < -0.3 is 28.1 Å². The molecule has 2 rings (SSSR count). The number of benzene rings is 2. The van der Waals surface area contributed by atoms with Gasteiger partial charge in [0.1, 0.15) is 20.2 Å². The Balaban J connectivity index is 0.00000236. The van der Waals surface area contributed by atoms with Gasteiger partial charge in [0.2, 0.25) is 0 Å². The summed E-state index contributed by atoms with van der Waals surface area (Å²) in [6.45, 7) is 9.75. The molecule has 0 saturated carbocycles. The van der Waals surface area contributed by atoms with E-state index >= 15 is 0 Å². The Kier molecular flexibility index (Phi) is 85.7. The number of hydrogen-bond acceptors (Lipinski definition) is 14. The number of esters is 4. The first kappa shape index (κ1) is 117. The van der Waals surface area contributed by atoms with E-state index in [2.05, 4.69) is 76.3 Å². The third kappa shape index (κ3) is 75.1. The molecule has 121 heavy (non-hydrogen) atoms. The van der Waals surface area contributed by atoms with Crippen LogP contribution in [0.4, 0.5) is 0 Å². The van der Waals surface area contributed by atoms with Gasteiger partial charge in [-0.25, -0.2) is 36.0 Å². The van der Waals surface area contributed by atoms with E-state index < -0.39 is 53.9 Å². The van der Waals surface area contributed by atoms with Crippen molar-refractivity contribution in [3.63, 3.8) is 0 Å². The predicted molar refractivity (Wildman–Crippen MR) is 507 cm³/mol. The van der Waals surface area contributed by atoms with Crippen LogP contribution in [0.25, 0.3) is 0 Å². The van der Waals surface area contributed by atoms with Crippen molar-refractivity contribution in [3.8, 4) is 0 Å². The van der Waals surface area contributed by atoms with Crippen molar-refractivity contribution < 1.29 is 64.1 Å². The average Bonchev–Trinajstić information content (AvgIpc) is 0.813. The summed E-state index contributed by atoms with van der Waals surface area (Å²) in [7, 11) is -9.65. The molecule has 2 aromatic rings. The number of carbonyl (C=O) groups excluding carboxylic acids is 4. The molecule has 14 nitrogen and oxygen atoms in total. The summed E-state index contributed by atoms with van der Waals surface area (Å²) in [5.74, 6) is -3.13. The van der Waals surface area contributed by atoms with Gasteiger partial charge >= 0.3 is 61.6 Å². The molecule has 17 heteroatoms. The summed E-state index contributed by atoms with van der Waals surface area (Å²) in [4.78, 5) is 50.6. The van der Waals surface area contributed by atoms with Crippen LogP contribution in [0.15, 0.2) is 94.8 Å². The zero-order valence-electron chi connectivity index (χ0n) is 78.1. The number of allylic oxidation sites excluding steroid dienone is 8. The fraction of sp³-hybridized carbons (Fsp3) is 0.769. The third-order valence-corrected chi connectivity index (χ3v) is 24.7. The zero-order chi connectivity index (χ0) is 87.2. The fourth-order valence-corrected chi connectivity index (χ4v) is 16.2. The van der Waals surface area contributed by atoms with E-state index in [1.807, 2.05) is 0 Å². The molecule has 2 aromatic carbocycles. The molecule has 0 fully saturated rings. The number of carbonyl (C=O) groups is 4. The first-order chi connectivity index (χ1) is 58.6. The first-order valence-electron chi connectivity index (χ1n) is 50.1. The maximum atomic E-state index is 13.0. The van der Waals surface area contributed by atoms with E-state index in [-0.39, 0.29) is 86.4 Å². The van der Waals surface area contributed by atoms with Gasteiger partial charge in [0.25, 0.3) is 0 Å².